The molecular weight excluding hydrogens is 229 g/mol. The van der Waals surface area contributed by atoms with Crippen LogP contribution < -0.4 is 0 Å². The van der Waals surface area contributed by atoms with Crippen LogP contribution in [0.25, 0.3) is 0 Å². The molecule has 0 fully saturated rings. The molecule has 0 aromatic heterocycles. The molecule has 5 heteroatoms. The van der Waals surface area contributed by atoms with Crippen molar-refractivity contribution in [1.82, 2.24) is 0 Å². The molecule has 1 atom stereocenters. The van der Waals surface area contributed by atoms with E-state index in [1.165, 1.54) is 13.2 Å². The number of ether oxygens (including phenoxy) is 1. The third-order valence-electron chi connectivity index (χ3n) is 1.95. The molecule has 84 valence electrons. The molecule has 0 aliphatic heterocycles. The maximum Gasteiger partial charge on any atom is 0.391 e. The molecule has 0 aliphatic rings. The summed E-state index contributed by atoms with van der Waals surface area (Å²) in [5.41, 5.74) is 0.360. The van der Waals surface area contributed by atoms with E-state index in [1.807, 2.05) is 0 Å². The van der Waals surface area contributed by atoms with Gasteiger partial charge in [-0.05, 0) is 11.6 Å². The lowest BCUT2D eigenvalue weighted by Crippen LogP contribution is -2.15. The van der Waals surface area contributed by atoms with Crippen molar-refractivity contribution in [2.45, 2.75) is 18.7 Å². The van der Waals surface area contributed by atoms with Gasteiger partial charge in [0.15, 0.2) is 0 Å². The maximum atomic E-state index is 12.2. The molecule has 1 nitrogen and oxygen atoms in total. The van der Waals surface area contributed by atoms with Crippen molar-refractivity contribution < 1.29 is 17.9 Å². The first-order valence-electron chi connectivity index (χ1n) is 4.28. The first kappa shape index (κ1) is 12.3. The fraction of sp³-hybridized carbons (Fsp3) is 0.400. The highest BCUT2D eigenvalue weighted by Gasteiger charge is 2.33. The summed E-state index contributed by atoms with van der Waals surface area (Å²) >= 11 is 5.78. The molecule has 15 heavy (non-hydrogen) atoms. The Morgan fingerprint density at radius 2 is 1.93 bits per heavy atom. The van der Waals surface area contributed by atoms with Crippen LogP contribution in [0.15, 0.2) is 24.3 Å². The zero-order valence-corrected chi connectivity index (χ0v) is 8.77. The highest BCUT2D eigenvalue weighted by molar-refractivity contribution is 6.31. The molecule has 0 amide bonds. The minimum atomic E-state index is -4.26. The van der Waals surface area contributed by atoms with E-state index in [1.54, 1.807) is 18.2 Å². The van der Waals surface area contributed by atoms with Crippen LogP contribution in [0, 0.1) is 0 Å². The van der Waals surface area contributed by atoms with Gasteiger partial charge in [0, 0.05) is 12.1 Å². The van der Waals surface area contributed by atoms with Gasteiger partial charge in [0.2, 0.25) is 0 Å². The summed E-state index contributed by atoms with van der Waals surface area (Å²) in [6, 6.07) is 6.36. The number of benzene rings is 1. The van der Waals surface area contributed by atoms with Crippen LogP contribution >= 0.6 is 11.6 Å². The lowest BCUT2D eigenvalue weighted by Gasteiger charge is -2.18. The van der Waals surface area contributed by atoms with E-state index in [-0.39, 0.29) is 5.02 Å². The van der Waals surface area contributed by atoms with Gasteiger partial charge >= 0.3 is 6.18 Å². The molecular formula is C10H10ClF3O. The zero-order valence-electron chi connectivity index (χ0n) is 8.01. The van der Waals surface area contributed by atoms with Gasteiger partial charge < -0.3 is 4.74 Å². The largest absolute Gasteiger partial charge is 0.391 e. The molecule has 0 N–H and O–H groups in total. The standard InChI is InChI=1S/C10H10ClF3O/c1-15-9(6-10(12,13)14)7-4-2-3-5-8(7)11/h2-5,9H,6H2,1H3. The predicted octanol–water partition coefficient (Wildman–Crippen LogP) is 3.98. The van der Waals surface area contributed by atoms with Crippen molar-refractivity contribution in [3.05, 3.63) is 34.9 Å². The van der Waals surface area contributed by atoms with Crippen molar-refractivity contribution >= 4 is 11.6 Å². The van der Waals surface area contributed by atoms with Crippen molar-refractivity contribution in [1.29, 1.82) is 0 Å². The van der Waals surface area contributed by atoms with Crippen LogP contribution in [0.5, 0.6) is 0 Å². The molecule has 0 spiro atoms. The molecule has 0 saturated heterocycles. The number of methoxy groups -OCH3 is 1. The number of alkyl halides is 3. The Kier molecular flexibility index (Phi) is 3.99. The Morgan fingerprint density at radius 1 is 1.33 bits per heavy atom. The second-order valence-electron chi connectivity index (χ2n) is 3.07. The minimum Gasteiger partial charge on any atom is -0.376 e. The first-order chi connectivity index (χ1) is 6.94. The number of halogens is 4. The van der Waals surface area contributed by atoms with Crippen LogP contribution in [0.3, 0.4) is 0 Å². The fourth-order valence-electron chi connectivity index (χ4n) is 1.27. The zero-order chi connectivity index (χ0) is 11.5. The van der Waals surface area contributed by atoms with Crippen molar-refractivity contribution in [3.63, 3.8) is 0 Å². The average Bonchev–Trinajstić information content (AvgIpc) is 2.14. The Morgan fingerprint density at radius 3 is 2.40 bits per heavy atom. The Hall–Kier alpha value is -0.740. The molecule has 1 rings (SSSR count). The number of hydrogen-bond acceptors (Lipinski definition) is 1. The van der Waals surface area contributed by atoms with Crippen molar-refractivity contribution in [2.24, 2.45) is 0 Å². The summed E-state index contributed by atoms with van der Waals surface area (Å²) in [5.74, 6) is 0. The van der Waals surface area contributed by atoms with E-state index in [0.29, 0.717) is 5.56 Å². The summed E-state index contributed by atoms with van der Waals surface area (Å²) in [7, 11) is 1.24. The first-order valence-corrected chi connectivity index (χ1v) is 4.66. The second-order valence-corrected chi connectivity index (χ2v) is 3.47. The quantitative estimate of drug-likeness (QED) is 0.774. The van der Waals surface area contributed by atoms with Crippen molar-refractivity contribution in [3.8, 4) is 0 Å². The van der Waals surface area contributed by atoms with Crippen LogP contribution in [-0.2, 0) is 4.74 Å². The molecule has 0 bridgehead atoms. The highest BCUT2D eigenvalue weighted by atomic mass is 35.5. The van der Waals surface area contributed by atoms with E-state index >= 15 is 0 Å². The fourth-order valence-corrected chi connectivity index (χ4v) is 1.52. The lowest BCUT2D eigenvalue weighted by molar-refractivity contribution is -0.158. The monoisotopic (exact) mass is 238 g/mol. The van der Waals surface area contributed by atoms with E-state index in [9.17, 15) is 13.2 Å². The van der Waals surface area contributed by atoms with Gasteiger partial charge in [0.25, 0.3) is 0 Å². The molecule has 1 unspecified atom stereocenters. The third-order valence-corrected chi connectivity index (χ3v) is 2.30. The number of hydrogen-bond donors (Lipinski definition) is 0. The van der Waals surface area contributed by atoms with E-state index in [4.69, 9.17) is 16.3 Å². The van der Waals surface area contributed by atoms with E-state index in [0.717, 1.165) is 0 Å². The van der Waals surface area contributed by atoms with Crippen LogP contribution in [0.4, 0.5) is 13.2 Å². The van der Waals surface area contributed by atoms with E-state index < -0.39 is 18.7 Å². The van der Waals surface area contributed by atoms with Gasteiger partial charge in [-0.1, -0.05) is 29.8 Å². The second kappa shape index (κ2) is 4.86. The molecule has 0 heterocycles. The van der Waals surface area contributed by atoms with Gasteiger partial charge in [0.1, 0.15) is 0 Å². The van der Waals surface area contributed by atoms with Gasteiger partial charge in [-0.25, -0.2) is 0 Å². The summed E-state index contributed by atoms with van der Waals surface area (Å²) in [4.78, 5) is 0. The molecule has 0 aliphatic carbocycles. The molecule has 1 aromatic carbocycles. The SMILES string of the molecule is COC(CC(F)(F)F)c1ccccc1Cl. The molecule has 0 radical (unpaired) electrons. The van der Waals surface area contributed by atoms with Crippen LogP contribution in [0.1, 0.15) is 18.1 Å². The lowest BCUT2D eigenvalue weighted by atomic mass is 10.1. The summed E-state index contributed by atoms with van der Waals surface area (Å²) in [5, 5.41) is 0.286. The Bertz CT molecular complexity index is 325. The van der Waals surface area contributed by atoms with Gasteiger partial charge in [-0.2, -0.15) is 13.2 Å². The molecule has 0 saturated carbocycles. The maximum absolute atomic E-state index is 12.2. The van der Waals surface area contributed by atoms with Crippen molar-refractivity contribution in [2.75, 3.05) is 7.11 Å². The molecule has 1 aromatic rings. The van der Waals surface area contributed by atoms with E-state index in [2.05, 4.69) is 0 Å². The normalized spacial score (nSPS) is 13.9. The third kappa shape index (κ3) is 3.72. The van der Waals surface area contributed by atoms with Gasteiger partial charge in [0.05, 0.1) is 12.5 Å². The topological polar surface area (TPSA) is 9.23 Å². The summed E-state index contributed by atoms with van der Waals surface area (Å²) in [6.07, 6.45) is -6.34. The van der Waals surface area contributed by atoms with Crippen LogP contribution in [0.2, 0.25) is 5.02 Å². The van der Waals surface area contributed by atoms with Crippen LogP contribution in [-0.4, -0.2) is 13.3 Å². The number of rotatable bonds is 3. The minimum absolute atomic E-state index is 0.286. The smallest absolute Gasteiger partial charge is 0.376 e. The average molecular weight is 239 g/mol. The Balaban J connectivity index is 2.88. The van der Waals surface area contributed by atoms with Gasteiger partial charge in [-0.15, -0.1) is 0 Å². The highest BCUT2D eigenvalue weighted by Crippen LogP contribution is 2.34. The predicted molar refractivity (Wildman–Crippen MR) is 51.9 cm³/mol. The Labute approximate surface area is 90.8 Å². The van der Waals surface area contributed by atoms with Gasteiger partial charge in [-0.3, -0.25) is 0 Å². The summed E-state index contributed by atoms with van der Waals surface area (Å²) < 4.78 is 41.3. The summed E-state index contributed by atoms with van der Waals surface area (Å²) in [6.45, 7) is 0.